The molecule has 0 bridgehead atoms. The normalized spacial score (nSPS) is 15.5. The summed E-state index contributed by atoms with van der Waals surface area (Å²) in [6.07, 6.45) is -0.406. The maximum absolute atomic E-state index is 13.8. The third-order valence-corrected chi connectivity index (χ3v) is 9.03. The molecule has 1 aliphatic rings. The highest BCUT2D eigenvalue weighted by molar-refractivity contribution is 7.91. The van der Waals surface area contributed by atoms with Gasteiger partial charge in [0.1, 0.15) is 10.6 Å². The van der Waals surface area contributed by atoms with Crippen molar-refractivity contribution in [1.82, 2.24) is 20.1 Å². The smallest absolute Gasteiger partial charge is 0.410 e. The van der Waals surface area contributed by atoms with Crippen LogP contribution in [0.3, 0.4) is 0 Å². The zero-order valence-corrected chi connectivity index (χ0v) is 22.7. The fraction of sp³-hybridized carbons (Fsp3) is 0.385. The number of hydrogen-bond acceptors (Lipinski definition) is 9. The Morgan fingerprint density at radius 3 is 2.59 bits per heavy atom. The summed E-state index contributed by atoms with van der Waals surface area (Å²) in [4.78, 5) is 18.5. The van der Waals surface area contributed by atoms with Gasteiger partial charge < -0.3 is 14.1 Å². The van der Waals surface area contributed by atoms with Crippen molar-refractivity contribution in [3.8, 4) is 0 Å². The molecule has 1 amide bonds. The summed E-state index contributed by atoms with van der Waals surface area (Å²) < 4.78 is 39.8. The van der Waals surface area contributed by atoms with Crippen LogP contribution in [-0.4, -0.2) is 53.3 Å². The van der Waals surface area contributed by atoms with Crippen molar-refractivity contribution < 1.29 is 22.4 Å². The fourth-order valence-corrected chi connectivity index (χ4v) is 7.30. The van der Waals surface area contributed by atoms with Gasteiger partial charge in [0.15, 0.2) is 15.1 Å². The van der Waals surface area contributed by atoms with Gasteiger partial charge >= 0.3 is 6.09 Å². The van der Waals surface area contributed by atoms with Gasteiger partial charge in [0.25, 0.3) is 0 Å². The lowest BCUT2D eigenvalue weighted by Gasteiger charge is -2.37. The molecule has 37 heavy (non-hydrogen) atoms. The lowest BCUT2D eigenvalue weighted by atomic mass is 10.0. The Labute approximate surface area is 219 Å². The van der Waals surface area contributed by atoms with E-state index in [1.165, 1.54) is 11.3 Å². The van der Waals surface area contributed by atoms with Gasteiger partial charge in [-0.25, -0.2) is 18.2 Å². The molecule has 11 heteroatoms. The zero-order chi connectivity index (χ0) is 26.4. The van der Waals surface area contributed by atoms with Gasteiger partial charge in [-0.05, 0) is 51.0 Å². The minimum atomic E-state index is -3.82. The number of fused-ring (bicyclic) bond motifs is 1. The highest BCUT2D eigenvalue weighted by Gasteiger charge is 2.41. The molecule has 2 aromatic heterocycles. The summed E-state index contributed by atoms with van der Waals surface area (Å²) in [6.45, 7) is 8.13. The number of amides is 1. The molecule has 0 spiro atoms. The minimum Gasteiger partial charge on any atom is -0.444 e. The molecule has 3 heterocycles. The molecule has 1 aliphatic heterocycles. The number of rotatable bonds is 6. The standard InChI is InChI=1S/C26H28N4O5S2/c1-16-10-11-19-20(12-16)36-24(27-19)21(37(32,33)15-17-8-6-5-7-9-17)23-29-28-22(34-23)18-13-30(14-18)25(31)35-26(2,3)4/h5-12,18,21H,13-15H2,1-4H3. The van der Waals surface area contributed by atoms with Gasteiger partial charge in [-0.2, -0.15) is 0 Å². The molecule has 194 valence electrons. The number of hydrogen-bond donors (Lipinski definition) is 0. The van der Waals surface area contributed by atoms with Crippen LogP contribution in [0.15, 0.2) is 52.9 Å². The molecular weight excluding hydrogens is 512 g/mol. The first-order valence-electron chi connectivity index (χ1n) is 11.9. The molecular formula is C26H28N4O5S2. The molecule has 0 radical (unpaired) electrons. The molecule has 5 rings (SSSR count). The van der Waals surface area contributed by atoms with Gasteiger partial charge in [0, 0.05) is 13.1 Å². The Morgan fingerprint density at radius 2 is 1.89 bits per heavy atom. The maximum atomic E-state index is 13.8. The van der Waals surface area contributed by atoms with Crippen LogP contribution in [0.4, 0.5) is 4.79 Å². The summed E-state index contributed by atoms with van der Waals surface area (Å²) >= 11 is 1.31. The number of thiazole rings is 1. The van der Waals surface area contributed by atoms with Gasteiger partial charge in [-0.15, -0.1) is 21.5 Å². The predicted molar refractivity (Wildman–Crippen MR) is 140 cm³/mol. The Hall–Kier alpha value is -3.31. The fourth-order valence-electron chi connectivity index (χ4n) is 4.09. The number of aryl methyl sites for hydroxylation is 1. The number of benzene rings is 2. The Kier molecular flexibility index (Phi) is 6.53. The first-order valence-corrected chi connectivity index (χ1v) is 14.5. The van der Waals surface area contributed by atoms with E-state index in [0.29, 0.717) is 29.6 Å². The summed E-state index contributed by atoms with van der Waals surface area (Å²) in [7, 11) is -3.82. The van der Waals surface area contributed by atoms with Crippen LogP contribution in [0.5, 0.6) is 0 Å². The molecule has 1 fully saturated rings. The van der Waals surface area contributed by atoms with Gasteiger partial charge in [-0.3, -0.25) is 0 Å². The van der Waals surface area contributed by atoms with Crippen LogP contribution in [0.2, 0.25) is 0 Å². The number of nitrogens with zero attached hydrogens (tertiary/aromatic N) is 4. The lowest BCUT2D eigenvalue weighted by molar-refractivity contribution is 0.00598. The third-order valence-electron chi connectivity index (χ3n) is 5.92. The van der Waals surface area contributed by atoms with E-state index >= 15 is 0 Å². The summed E-state index contributed by atoms with van der Waals surface area (Å²) in [5, 5.41) is 7.50. The first-order chi connectivity index (χ1) is 17.5. The largest absolute Gasteiger partial charge is 0.444 e. The van der Waals surface area contributed by atoms with Gasteiger partial charge in [0.05, 0.1) is 21.9 Å². The summed E-state index contributed by atoms with van der Waals surface area (Å²) in [5.74, 6) is -0.102. The molecule has 1 atom stereocenters. The monoisotopic (exact) mass is 540 g/mol. The van der Waals surface area contributed by atoms with E-state index in [4.69, 9.17) is 9.15 Å². The number of likely N-dealkylation sites (tertiary alicyclic amines) is 1. The molecule has 9 nitrogen and oxygen atoms in total. The van der Waals surface area contributed by atoms with E-state index in [2.05, 4.69) is 15.2 Å². The number of aromatic nitrogens is 3. The van der Waals surface area contributed by atoms with Crippen molar-refractivity contribution in [1.29, 1.82) is 0 Å². The first kappa shape index (κ1) is 25.3. The second-order valence-electron chi connectivity index (χ2n) is 10.3. The van der Waals surface area contributed by atoms with Crippen molar-refractivity contribution in [3.63, 3.8) is 0 Å². The minimum absolute atomic E-state index is 0.0163. The Balaban J connectivity index is 1.44. The van der Waals surface area contributed by atoms with Crippen LogP contribution >= 0.6 is 11.3 Å². The van der Waals surface area contributed by atoms with Crippen molar-refractivity contribution in [3.05, 3.63) is 76.4 Å². The van der Waals surface area contributed by atoms with E-state index in [1.54, 1.807) is 29.2 Å². The van der Waals surface area contributed by atoms with Gasteiger partial charge in [-0.1, -0.05) is 36.4 Å². The zero-order valence-electron chi connectivity index (χ0n) is 21.0. The average Bonchev–Trinajstić information content (AvgIpc) is 3.38. The van der Waals surface area contributed by atoms with Crippen LogP contribution < -0.4 is 0 Å². The lowest BCUT2D eigenvalue weighted by Crippen LogP contribution is -2.50. The number of sulfone groups is 1. The summed E-state index contributed by atoms with van der Waals surface area (Å²) in [6, 6.07) is 14.8. The topological polar surface area (TPSA) is 115 Å². The van der Waals surface area contributed by atoms with E-state index < -0.39 is 26.8 Å². The second kappa shape index (κ2) is 9.53. The van der Waals surface area contributed by atoms with E-state index in [1.807, 2.05) is 52.0 Å². The molecule has 0 saturated carbocycles. The van der Waals surface area contributed by atoms with Crippen LogP contribution in [0.25, 0.3) is 10.2 Å². The number of ether oxygens (including phenoxy) is 1. The van der Waals surface area contributed by atoms with E-state index in [-0.39, 0.29) is 17.6 Å². The SMILES string of the molecule is Cc1ccc2nc(C(c3nnc(C4CN(C(=O)OC(C)(C)C)C4)o3)S(=O)(=O)Cc3ccccc3)sc2c1. The molecule has 4 aromatic rings. The second-order valence-corrected chi connectivity index (χ2v) is 13.4. The van der Waals surface area contributed by atoms with Crippen LogP contribution in [0, 0.1) is 6.92 Å². The molecule has 0 N–H and O–H groups in total. The molecule has 0 aliphatic carbocycles. The maximum Gasteiger partial charge on any atom is 0.410 e. The van der Waals surface area contributed by atoms with Crippen molar-refractivity contribution in [2.24, 2.45) is 0 Å². The summed E-state index contributed by atoms with van der Waals surface area (Å²) in [5.41, 5.74) is 1.86. The number of carbonyl (C=O) groups is 1. The third kappa shape index (κ3) is 5.52. The molecule has 1 unspecified atom stereocenters. The van der Waals surface area contributed by atoms with Crippen molar-refractivity contribution >= 4 is 37.5 Å². The van der Waals surface area contributed by atoms with E-state index in [0.717, 1.165) is 15.8 Å². The quantitative estimate of drug-likeness (QED) is 0.335. The highest BCUT2D eigenvalue weighted by atomic mass is 32.2. The molecule has 2 aromatic carbocycles. The van der Waals surface area contributed by atoms with Crippen molar-refractivity contribution in [2.45, 2.75) is 50.2 Å². The Bertz CT molecular complexity index is 1530. The van der Waals surface area contributed by atoms with Crippen LogP contribution in [0.1, 0.15) is 59.9 Å². The van der Waals surface area contributed by atoms with Crippen LogP contribution in [-0.2, 0) is 20.3 Å². The number of carbonyl (C=O) groups excluding carboxylic acids is 1. The van der Waals surface area contributed by atoms with Crippen molar-refractivity contribution in [2.75, 3.05) is 13.1 Å². The van der Waals surface area contributed by atoms with Gasteiger partial charge in [0.2, 0.25) is 11.8 Å². The molecule has 1 saturated heterocycles. The van der Waals surface area contributed by atoms with E-state index in [9.17, 15) is 13.2 Å². The predicted octanol–water partition coefficient (Wildman–Crippen LogP) is 5.03. The Morgan fingerprint density at radius 1 is 1.16 bits per heavy atom. The average molecular weight is 541 g/mol. The highest BCUT2D eigenvalue weighted by Crippen LogP contribution is 2.38.